The van der Waals surface area contributed by atoms with Gasteiger partial charge in [0.25, 0.3) is 5.69 Å². The van der Waals surface area contributed by atoms with Gasteiger partial charge >= 0.3 is 0 Å². The summed E-state index contributed by atoms with van der Waals surface area (Å²) < 4.78 is 0. The molecule has 84 valence electrons. The number of Topliss-reactive ketones (excluding diaryl/α,β-unsaturated/α-hetero) is 1. The molecule has 0 fully saturated rings. The predicted octanol–water partition coefficient (Wildman–Crippen LogP) is 2.29. The summed E-state index contributed by atoms with van der Waals surface area (Å²) in [5.41, 5.74) is 0.157. The van der Waals surface area contributed by atoms with Crippen LogP contribution in [0.4, 0.5) is 5.69 Å². The molecule has 0 amide bonds. The summed E-state index contributed by atoms with van der Waals surface area (Å²) in [6.45, 7) is 1.63. The Labute approximate surface area is 99.7 Å². The highest BCUT2D eigenvalue weighted by atomic mass is 79.9. The first-order valence-electron chi connectivity index (χ1n) is 4.34. The van der Waals surface area contributed by atoms with Crippen LogP contribution in [0.15, 0.2) is 12.1 Å². The lowest BCUT2D eigenvalue weighted by molar-refractivity contribution is -0.385. The van der Waals surface area contributed by atoms with E-state index in [0.29, 0.717) is 11.8 Å². The molecule has 0 saturated heterocycles. The molecule has 1 aromatic carbocycles. The molecular formula is C10H8BrNO4. The highest BCUT2D eigenvalue weighted by Crippen LogP contribution is 2.24. The Balaban J connectivity index is 3.57. The van der Waals surface area contributed by atoms with Crippen LogP contribution in [-0.2, 0) is 0 Å². The van der Waals surface area contributed by atoms with Crippen LogP contribution < -0.4 is 0 Å². The minimum absolute atomic E-state index is 0.0520. The standard InChI is InChI=1S/C10H8BrNO4/c1-6-2-7(5-13)10(9(14)4-11)8(3-6)12(15)16/h2-3,5H,4H2,1H3. The van der Waals surface area contributed by atoms with Crippen molar-refractivity contribution < 1.29 is 14.5 Å². The van der Waals surface area contributed by atoms with E-state index in [1.54, 1.807) is 6.92 Å². The number of rotatable bonds is 4. The van der Waals surface area contributed by atoms with Gasteiger partial charge in [-0.3, -0.25) is 19.7 Å². The number of ketones is 1. The Kier molecular flexibility index (Phi) is 3.89. The first kappa shape index (κ1) is 12.5. The van der Waals surface area contributed by atoms with Gasteiger partial charge in [-0.2, -0.15) is 0 Å². The fourth-order valence-electron chi connectivity index (χ4n) is 1.40. The highest BCUT2D eigenvalue weighted by Gasteiger charge is 2.23. The molecule has 16 heavy (non-hydrogen) atoms. The predicted molar refractivity (Wildman–Crippen MR) is 61.3 cm³/mol. The number of carbonyl (C=O) groups excluding carboxylic acids is 2. The number of nitro benzene ring substituents is 1. The van der Waals surface area contributed by atoms with Crippen LogP contribution in [0.2, 0.25) is 0 Å². The molecule has 1 rings (SSSR count). The van der Waals surface area contributed by atoms with E-state index in [4.69, 9.17) is 0 Å². The SMILES string of the molecule is Cc1cc(C=O)c(C(=O)CBr)c([N+](=O)[O-])c1. The summed E-state index contributed by atoms with van der Waals surface area (Å²) in [6, 6.07) is 2.73. The molecule has 5 nitrogen and oxygen atoms in total. The van der Waals surface area contributed by atoms with E-state index in [9.17, 15) is 19.7 Å². The third kappa shape index (κ3) is 2.33. The summed E-state index contributed by atoms with van der Waals surface area (Å²) in [7, 11) is 0. The van der Waals surface area contributed by atoms with Gasteiger partial charge in [0.2, 0.25) is 0 Å². The first-order chi connectivity index (χ1) is 7.51. The van der Waals surface area contributed by atoms with E-state index >= 15 is 0 Å². The minimum atomic E-state index is -0.657. The number of aryl methyl sites for hydroxylation is 1. The summed E-state index contributed by atoms with van der Waals surface area (Å²) in [5.74, 6) is -0.478. The van der Waals surface area contributed by atoms with Gasteiger partial charge in [-0.15, -0.1) is 0 Å². The second-order valence-corrected chi connectivity index (χ2v) is 3.74. The maximum absolute atomic E-state index is 11.5. The smallest absolute Gasteiger partial charge is 0.281 e. The number of halogens is 1. The molecule has 1 aromatic rings. The van der Waals surface area contributed by atoms with Gasteiger partial charge in [0.1, 0.15) is 5.56 Å². The van der Waals surface area contributed by atoms with E-state index in [1.165, 1.54) is 12.1 Å². The summed E-state index contributed by atoms with van der Waals surface area (Å²) in [6.07, 6.45) is 0.454. The van der Waals surface area contributed by atoms with Crippen molar-refractivity contribution >= 4 is 33.7 Å². The van der Waals surface area contributed by atoms with Crippen LogP contribution in [0.5, 0.6) is 0 Å². The molecule has 0 aliphatic carbocycles. The highest BCUT2D eigenvalue weighted by molar-refractivity contribution is 9.09. The van der Waals surface area contributed by atoms with Crippen molar-refractivity contribution in [1.82, 2.24) is 0 Å². The number of hydrogen-bond acceptors (Lipinski definition) is 4. The maximum atomic E-state index is 11.5. The molecule has 0 unspecified atom stereocenters. The molecule has 0 heterocycles. The minimum Gasteiger partial charge on any atom is -0.298 e. The topological polar surface area (TPSA) is 77.3 Å². The molecular weight excluding hydrogens is 278 g/mol. The van der Waals surface area contributed by atoms with Gasteiger partial charge in [-0.05, 0) is 18.6 Å². The van der Waals surface area contributed by atoms with Crippen LogP contribution in [0.3, 0.4) is 0 Å². The van der Waals surface area contributed by atoms with E-state index in [2.05, 4.69) is 15.9 Å². The van der Waals surface area contributed by atoms with Crippen LogP contribution >= 0.6 is 15.9 Å². The third-order valence-corrected chi connectivity index (χ3v) is 2.53. The molecule has 6 heteroatoms. The molecule has 0 radical (unpaired) electrons. The molecule has 0 spiro atoms. The van der Waals surface area contributed by atoms with Crippen LogP contribution in [-0.4, -0.2) is 22.3 Å². The van der Waals surface area contributed by atoms with Crippen molar-refractivity contribution in [2.75, 3.05) is 5.33 Å². The number of alkyl halides is 1. The van der Waals surface area contributed by atoms with Gasteiger partial charge in [0.05, 0.1) is 10.3 Å². The average molecular weight is 286 g/mol. The number of hydrogen-bond donors (Lipinski definition) is 0. The lowest BCUT2D eigenvalue weighted by atomic mass is 10.0. The lowest BCUT2D eigenvalue weighted by Crippen LogP contribution is -2.09. The number of nitro groups is 1. The van der Waals surface area contributed by atoms with Crippen molar-refractivity contribution in [2.24, 2.45) is 0 Å². The maximum Gasteiger partial charge on any atom is 0.281 e. The fraction of sp³-hybridized carbons (Fsp3) is 0.200. The van der Waals surface area contributed by atoms with Gasteiger partial charge in [-0.25, -0.2) is 0 Å². The quantitative estimate of drug-likeness (QED) is 0.280. The van der Waals surface area contributed by atoms with Crippen molar-refractivity contribution in [1.29, 1.82) is 0 Å². The van der Waals surface area contributed by atoms with Crippen LogP contribution in [0.1, 0.15) is 26.3 Å². The zero-order valence-electron chi connectivity index (χ0n) is 8.40. The average Bonchev–Trinajstić information content (AvgIpc) is 2.26. The normalized spacial score (nSPS) is 9.88. The fourth-order valence-corrected chi connectivity index (χ4v) is 1.68. The van der Waals surface area contributed by atoms with E-state index in [0.717, 1.165) is 0 Å². The largest absolute Gasteiger partial charge is 0.298 e. The van der Waals surface area contributed by atoms with Crippen molar-refractivity contribution in [3.63, 3.8) is 0 Å². The Bertz CT molecular complexity index is 470. The zero-order chi connectivity index (χ0) is 12.3. The van der Waals surface area contributed by atoms with Crippen molar-refractivity contribution in [3.05, 3.63) is 38.9 Å². The van der Waals surface area contributed by atoms with Gasteiger partial charge in [0.15, 0.2) is 12.1 Å². The second kappa shape index (κ2) is 4.98. The number of nitrogens with zero attached hydrogens (tertiary/aromatic N) is 1. The zero-order valence-corrected chi connectivity index (χ0v) is 9.98. The molecule has 0 saturated carbocycles. The van der Waals surface area contributed by atoms with Gasteiger partial charge in [0, 0.05) is 11.6 Å². The van der Waals surface area contributed by atoms with Crippen LogP contribution in [0, 0.1) is 17.0 Å². The van der Waals surface area contributed by atoms with E-state index < -0.39 is 10.7 Å². The Morgan fingerprint density at radius 2 is 2.19 bits per heavy atom. The molecule has 0 atom stereocenters. The first-order valence-corrected chi connectivity index (χ1v) is 5.46. The van der Waals surface area contributed by atoms with Crippen molar-refractivity contribution in [3.8, 4) is 0 Å². The Hall–Kier alpha value is -1.56. The number of aldehydes is 1. The molecule has 0 N–H and O–H groups in total. The second-order valence-electron chi connectivity index (χ2n) is 3.18. The summed E-state index contributed by atoms with van der Waals surface area (Å²) in [5, 5.41) is 10.7. The molecule has 0 aliphatic rings. The Morgan fingerprint density at radius 3 is 2.62 bits per heavy atom. The van der Waals surface area contributed by atoms with Crippen molar-refractivity contribution in [2.45, 2.75) is 6.92 Å². The van der Waals surface area contributed by atoms with Gasteiger partial charge < -0.3 is 0 Å². The number of benzene rings is 1. The van der Waals surface area contributed by atoms with Gasteiger partial charge in [-0.1, -0.05) is 15.9 Å². The van der Waals surface area contributed by atoms with Crippen LogP contribution in [0.25, 0.3) is 0 Å². The lowest BCUT2D eigenvalue weighted by Gasteiger charge is -2.04. The number of carbonyl (C=O) groups is 2. The molecule has 0 bridgehead atoms. The summed E-state index contributed by atoms with van der Waals surface area (Å²) >= 11 is 2.93. The third-order valence-electron chi connectivity index (χ3n) is 2.02. The van der Waals surface area contributed by atoms with E-state index in [-0.39, 0.29) is 22.1 Å². The molecule has 0 aliphatic heterocycles. The summed E-state index contributed by atoms with van der Waals surface area (Å²) in [4.78, 5) is 32.4. The monoisotopic (exact) mass is 285 g/mol. The van der Waals surface area contributed by atoms with E-state index in [1.807, 2.05) is 0 Å². The molecule has 0 aromatic heterocycles. The Morgan fingerprint density at radius 1 is 1.56 bits per heavy atom.